The summed E-state index contributed by atoms with van der Waals surface area (Å²) in [4.78, 5) is 10.3. The lowest BCUT2D eigenvalue weighted by Gasteiger charge is -2.07. The molecule has 2 rings (SSSR count). The largest absolute Gasteiger partial charge is 0.450 e. The van der Waals surface area contributed by atoms with Crippen LogP contribution < -0.4 is 4.74 Å². The molecule has 5 nitrogen and oxygen atoms in total. The molecule has 2 aromatic carbocycles. The number of benzene rings is 2. The van der Waals surface area contributed by atoms with Crippen LogP contribution in [0.15, 0.2) is 36.4 Å². The van der Waals surface area contributed by atoms with Crippen molar-refractivity contribution >= 4 is 5.69 Å². The molecule has 0 aliphatic heterocycles. The van der Waals surface area contributed by atoms with Gasteiger partial charge in [-0.15, -0.1) is 0 Å². The van der Waals surface area contributed by atoms with Gasteiger partial charge in [-0.05, 0) is 30.7 Å². The highest BCUT2D eigenvalue weighted by atomic mass is 19.1. The quantitative estimate of drug-likeness (QED) is 0.630. The zero-order valence-corrected chi connectivity index (χ0v) is 10.5. The summed E-state index contributed by atoms with van der Waals surface area (Å²) in [5.74, 6) is -0.603. The van der Waals surface area contributed by atoms with Crippen LogP contribution in [-0.4, -0.2) is 4.92 Å². The number of nitro groups is 1. The van der Waals surface area contributed by atoms with E-state index in [9.17, 15) is 14.5 Å². The molecule has 0 N–H and O–H groups in total. The Morgan fingerprint density at radius 1 is 1.30 bits per heavy atom. The molecule has 0 aromatic heterocycles. The van der Waals surface area contributed by atoms with E-state index in [1.165, 1.54) is 18.2 Å². The fraction of sp³-hybridized carbons (Fsp3) is 0.0714. The Kier molecular flexibility index (Phi) is 3.62. The molecular weight excluding hydrogens is 263 g/mol. The number of hydrogen-bond acceptors (Lipinski definition) is 4. The molecule has 0 atom stereocenters. The molecule has 0 saturated carbocycles. The number of aryl methyl sites for hydroxylation is 1. The van der Waals surface area contributed by atoms with Crippen LogP contribution in [-0.2, 0) is 0 Å². The van der Waals surface area contributed by atoms with Gasteiger partial charge in [-0.25, -0.2) is 4.39 Å². The number of nitro benzene ring substituents is 1. The molecule has 0 fully saturated rings. The maximum atomic E-state index is 13.3. The van der Waals surface area contributed by atoms with Crippen LogP contribution in [0.25, 0.3) is 0 Å². The number of nitriles is 1. The molecule has 0 unspecified atom stereocenters. The van der Waals surface area contributed by atoms with Crippen LogP contribution in [0.1, 0.15) is 11.1 Å². The van der Waals surface area contributed by atoms with Gasteiger partial charge in [-0.1, -0.05) is 6.07 Å². The molecule has 0 heterocycles. The predicted molar refractivity (Wildman–Crippen MR) is 69.0 cm³/mol. The van der Waals surface area contributed by atoms with Gasteiger partial charge in [-0.2, -0.15) is 5.26 Å². The minimum Gasteiger partial charge on any atom is -0.450 e. The van der Waals surface area contributed by atoms with Gasteiger partial charge in [0.05, 0.1) is 16.6 Å². The third kappa shape index (κ3) is 2.90. The highest BCUT2D eigenvalue weighted by molar-refractivity contribution is 5.51. The van der Waals surface area contributed by atoms with Crippen molar-refractivity contribution in [3.63, 3.8) is 0 Å². The first-order chi connectivity index (χ1) is 9.49. The number of hydrogen-bond donors (Lipinski definition) is 0. The van der Waals surface area contributed by atoms with Gasteiger partial charge in [0.2, 0.25) is 5.75 Å². The fourth-order valence-corrected chi connectivity index (χ4v) is 1.67. The third-order valence-electron chi connectivity index (χ3n) is 2.54. The van der Waals surface area contributed by atoms with Crippen LogP contribution in [0.2, 0.25) is 0 Å². The van der Waals surface area contributed by atoms with Gasteiger partial charge in [0.15, 0.2) is 0 Å². The van der Waals surface area contributed by atoms with E-state index in [2.05, 4.69) is 0 Å². The van der Waals surface area contributed by atoms with E-state index in [0.29, 0.717) is 0 Å². The number of nitrogens with zero attached hydrogens (tertiary/aromatic N) is 2. The van der Waals surface area contributed by atoms with Crippen molar-refractivity contribution in [3.05, 3.63) is 63.5 Å². The van der Waals surface area contributed by atoms with E-state index in [0.717, 1.165) is 17.7 Å². The zero-order valence-electron chi connectivity index (χ0n) is 10.5. The molecule has 100 valence electrons. The number of ether oxygens (including phenoxy) is 1. The molecule has 0 bridgehead atoms. The van der Waals surface area contributed by atoms with E-state index in [4.69, 9.17) is 10.00 Å². The van der Waals surface area contributed by atoms with Gasteiger partial charge < -0.3 is 4.74 Å². The first-order valence-corrected chi connectivity index (χ1v) is 5.63. The summed E-state index contributed by atoms with van der Waals surface area (Å²) in [5.41, 5.74) is 0.621. The van der Waals surface area contributed by atoms with E-state index < -0.39 is 10.7 Å². The average molecular weight is 272 g/mol. The van der Waals surface area contributed by atoms with Crippen LogP contribution in [0.5, 0.6) is 11.5 Å². The number of rotatable bonds is 3. The summed E-state index contributed by atoms with van der Waals surface area (Å²) in [6.07, 6.45) is 0. The van der Waals surface area contributed by atoms with Crippen LogP contribution >= 0.6 is 0 Å². The van der Waals surface area contributed by atoms with Gasteiger partial charge in [0, 0.05) is 12.1 Å². The Bertz CT molecular complexity index is 723. The first-order valence-electron chi connectivity index (χ1n) is 5.63. The zero-order chi connectivity index (χ0) is 14.7. The summed E-state index contributed by atoms with van der Waals surface area (Å²) in [5, 5.41) is 19.7. The molecule has 0 aliphatic carbocycles. The number of halogens is 1. The highest BCUT2D eigenvalue weighted by Crippen LogP contribution is 2.32. The minimum absolute atomic E-state index is 0.00416. The van der Waals surface area contributed by atoms with Crippen molar-refractivity contribution in [1.82, 2.24) is 0 Å². The maximum absolute atomic E-state index is 13.3. The van der Waals surface area contributed by atoms with E-state index >= 15 is 0 Å². The maximum Gasteiger partial charge on any atom is 0.311 e. The van der Waals surface area contributed by atoms with E-state index in [1.54, 1.807) is 19.1 Å². The van der Waals surface area contributed by atoms with Gasteiger partial charge in [0.25, 0.3) is 0 Å². The second-order valence-electron chi connectivity index (χ2n) is 4.12. The average Bonchev–Trinajstić information content (AvgIpc) is 2.37. The van der Waals surface area contributed by atoms with Crippen molar-refractivity contribution in [2.45, 2.75) is 6.92 Å². The Hall–Kier alpha value is -2.94. The van der Waals surface area contributed by atoms with Crippen molar-refractivity contribution in [1.29, 1.82) is 5.26 Å². The smallest absolute Gasteiger partial charge is 0.311 e. The summed E-state index contributed by atoms with van der Waals surface area (Å²) in [6.45, 7) is 1.75. The van der Waals surface area contributed by atoms with Gasteiger partial charge >= 0.3 is 5.69 Å². The van der Waals surface area contributed by atoms with Crippen LogP contribution in [0.3, 0.4) is 0 Å². The molecule has 20 heavy (non-hydrogen) atoms. The monoisotopic (exact) mass is 272 g/mol. The first kappa shape index (κ1) is 13.5. The van der Waals surface area contributed by atoms with E-state index in [-0.39, 0.29) is 22.7 Å². The fourth-order valence-electron chi connectivity index (χ4n) is 1.67. The summed E-state index contributed by atoms with van der Waals surface area (Å²) in [7, 11) is 0. The standard InChI is InChI=1S/C14H9FN2O3/c1-9-2-3-13(17(18)19)14(4-9)20-12-6-10(8-16)5-11(15)7-12/h2-7H,1H3. The molecular formula is C14H9FN2O3. The topological polar surface area (TPSA) is 76.2 Å². The second-order valence-corrected chi connectivity index (χ2v) is 4.12. The molecule has 6 heteroatoms. The molecule has 0 spiro atoms. The van der Waals surface area contributed by atoms with Gasteiger partial charge in [0.1, 0.15) is 11.6 Å². The SMILES string of the molecule is Cc1ccc([N+](=O)[O-])c(Oc2cc(F)cc(C#N)c2)c1. The van der Waals surface area contributed by atoms with Crippen molar-refractivity contribution in [2.24, 2.45) is 0 Å². The molecule has 0 saturated heterocycles. The summed E-state index contributed by atoms with van der Waals surface area (Å²) in [6, 6.07) is 9.60. The van der Waals surface area contributed by atoms with Gasteiger partial charge in [-0.3, -0.25) is 10.1 Å². The lowest BCUT2D eigenvalue weighted by Crippen LogP contribution is -1.94. The second kappa shape index (κ2) is 5.36. The normalized spacial score (nSPS) is 9.85. The Morgan fingerprint density at radius 3 is 2.70 bits per heavy atom. The summed E-state index contributed by atoms with van der Waals surface area (Å²) >= 11 is 0. The molecule has 0 radical (unpaired) electrons. The lowest BCUT2D eigenvalue weighted by atomic mass is 10.2. The Balaban J connectivity index is 2.44. The Labute approximate surface area is 114 Å². The summed E-state index contributed by atoms with van der Waals surface area (Å²) < 4.78 is 18.6. The third-order valence-corrected chi connectivity index (χ3v) is 2.54. The van der Waals surface area contributed by atoms with Crippen molar-refractivity contribution < 1.29 is 14.1 Å². The van der Waals surface area contributed by atoms with Crippen molar-refractivity contribution in [2.75, 3.05) is 0 Å². The van der Waals surface area contributed by atoms with Crippen LogP contribution in [0, 0.1) is 34.2 Å². The lowest BCUT2D eigenvalue weighted by molar-refractivity contribution is -0.385. The van der Waals surface area contributed by atoms with Crippen molar-refractivity contribution in [3.8, 4) is 17.6 Å². The highest BCUT2D eigenvalue weighted by Gasteiger charge is 2.16. The minimum atomic E-state index is -0.644. The molecule has 0 amide bonds. The van der Waals surface area contributed by atoms with Crippen LogP contribution in [0.4, 0.5) is 10.1 Å². The van der Waals surface area contributed by atoms with E-state index in [1.807, 2.05) is 0 Å². The predicted octanol–water partition coefficient (Wildman–Crippen LogP) is 3.71. The molecule has 2 aromatic rings. The Morgan fingerprint density at radius 2 is 2.05 bits per heavy atom. The molecule has 0 aliphatic rings.